The third-order valence-corrected chi connectivity index (χ3v) is 6.29. The highest BCUT2D eigenvalue weighted by atomic mass is 15.2. The topological polar surface area (TPSA) is 15.3 Å². The van der Waals surface area contributed by atoms with Crippen molar-refractivity contribution in [3.8, 4) is 0 Å². The summed E-state index contributed by atoms with van der Waals surface area (Å²) >= 11 is 0. The molecule has 2 saturated carbocycles. The third kappa shape index (κ3) is 4.96. The smallest absolute Gasteiger partial charge is 0.0223 e. The Morgan fingerprint density at radius 1 is 0.857 bits per heavy atom. The summed E-state index contributed by atoms with van der Waals surface area (Å²) in [5.74, 6) is 2.04. The van der Waals surface area contributed by atoms with Crippen molar-refractivity contribution in [1.82, 2.24) is 10.2 Å². The van der Waals surface area contributed by atoms with Crippen molar-refractivity contribution in [2.45, 2.75) is 83.1 Å². The van der Waals surface area contributed by atoms with E-state index in [1.54, 1.807) is 0 Å². The summed E-state index contributed by atoms with van der Waals surface area (Å²) in [4.78, 5) is 2.79. The van der Waals surface area contributed by atoms with Crippen LogP contribution in [0.15, 0.2) is 0 Å². The van der Waals surface area contributed by atoms with Gasteiger partial charge in [-0.3, -0.25) is 0 Å². The summed E-state index contributed by atoms with van der Waals surface area (Å²) in [5.41, 5.74) is 0. The Morgan fingerprint density at radius 3 is 2.43 bits per heavy atom. The molecule has 1 saturated heterocycles. The van der Waals surface area contributed by atoms with Crippen LogP contribution in [0.2, 0.25) is 0 Å². The van der Waals surface area contributed by atoms with Gasteiger partial charge < -0.3 is 10.2 Å². The summed E-state index contributed by atoms with van der Waals surface area (Å²) in [7, 11) is 0. The number of nitrogens with zero attached hydrogens (tertiary/aromatic N) is 1. The van der Waals surface area contributed by atoms with E-state index in [1.165, 1.54) is 103 Å². The van der Waals surface area contributed by atoms with Crippen molar-refractivity contribution >= 4 is 0 Å². The van der Waals surface area contributed by atoms with E-state index in [-0.39, 0.29) is 0 Å². The van der Waals surface area contributed by atoms with E-state index in [2.05, 4.69) is 10.2 Å². The molecule has 3 aliphatic rings. The molecule has 0 aromatic rings. The lowest BCUT2D eigenvalue weighted by atomic mass is 9.83. The van der Waals surface area contributed by atoms with Gasteiger partial charge in [-0.15, -0.1) is 0 Å². The zero-order valence-electron chi connectivity index (χ0n) is 14.0. The average molecular weight is 293 g/mol. The van der Waals surface area contributed by atoms with Crippen molar-refractivity contribution in [1.29, 1.82) is 0 Å². The molecule has 0 spiro atoms. The summed E-state index contributed by atoms with van der Waals surface area (Å²) in [6.45, 7) is 5.28. The molecule has 2 nitrogen and oxygen atoms in total. The molecule has 1 N–H and O–H groups in total. The maximum Gasteiger partial charge on any atom is 0.0223 e. The van der Waals surface area contributed by atoms with Gasteiger partial charge in [0.15, 0.2) is 0 Å². The second-order valence-electron chi connectivity index (χ2n) is 7.91. The zero-order chi connectivity index (χ0) is 14.3. The molecule has 3 rings (SSSR count). The van der Waals surface area contributed by atoms with Crippen LogP contribution in [0.3, 0.4) is 0 Å². The van der Waals surface area contributed by atoms with Crippen molar-refractivity contribution in [3.05, 3.63) is 0 Å². The van der Waals surface area contributed by atoms with Gasteiger partial charge in [-0.25, -0.2) is 0 Å². The molecule has 0 amide bonds. The number of hydrogen-bond acceptors (Lipinski definition) is 2. The second-order valence-corrected chi connectivity index (χ2v) is 7.91. The number of nitrogens with one attached hydrogen (secondary N) is 1. The van der Waals surface area contributed by atoms with Crippen LogP contribution in [-0.2, 0) is 0 Å². The molecule has 3 fully saturated rings. The Hall–Kier alpha value is -0.0800. The van der Waals surface area contributed by atoms with Crippen LogP contribution in [0.5, 0.6) is 0 Å². The fourth-order valence-electron chi connectivity index (χ4n) is 4.98. The largest absolute Gasteiger partial charge is 0.312 e. The highest BCUT2D eigenvalue weighted by molar-refractivity contribution is 4.84. The van der Waals surface area contributed by atoms with Gasteiger partial charge >= 0.3 is 0 Å². The standard InChI is InChI=1S/C19H36N2/c1-2-11-18(12-3-1)19-16-21(15-7-13-20-19)14-6-10-17-8-4-5-9-17/h17-20H,1-16H2. The van der Waals surface area contributed by atoms with Crippen LogP contribution in [0, 0.1) is 11.8 Å². The van der Waals surface area contributed by atoms with E-state index >= 15 is 0 Å². The van der Waals surface area contributed by atoms with Gasteiger partial charge in [0, 0.05) is 12.6 Å². The molecule has 0 radical (unpaired) electrons. The Bertz CT molecular complexity index is 279. The molecule has 1 heterocycles. The lowest BCUT2D eigenvalue weighted by molar-refractivity contribution is 0.201. The molecule has 0 aromatic carbocycles. The predicted octanol–water partition coefficient (Wildman–Crippen LogP) is 4.20. The maximum absolute atomic E-state index is 3.87. The maximum atomic E-state index is 3.87. The Labute approximate surface area is 132 Å². The van der Waals surface area contributed by atoms with Gasteiger partial charge in [-0.1, -0.05) is 44.9 Å². The van der Waals surface area contributed by atoms with Crippen molar-refractivity contribution in [2.75, 3.05) is 26.2 Å². The van der Waals surface area contributed by atoms with Gasteiger partial charge in [0.1, 0.15) is 0 Å². The fourth-order valence-corrected chi connectivity index (χ4v) is 4.98. The molecule has 21 heavy (non-hydrogen) atoms. The second kappa shape index (κ2) is 8.53. The van der Waals surface area contributed by atoms with Crippen molar-refractivity contribution < 1.29 is 0 Å². The van der Waals surface area contributed by atoms with Crippen LogP contribution in [0.1, 0.15) is 77.0 Å². The first-order valence-corrected chi connectivity index (χ1v) is 9.87. The number of rotatable bonds is 5. The summed E-state index contributed by atoms with van der Waals surface area (Å²) in [5, 5.41) is 3.87. The minimum atomic E-state index is 0.791. The summed E-state index contributed by atoms with van der Waals surface area (Å²) < 4.78 is 0. The van der Waals surface area contributed by atoms with Crippen LogP contribution in [-0.4, -0.2) is 37.1 Å². The highest BCUT2D eigenvalue weighted by Crippen LogP contribution is 2.29. The minimum Gasteiger partial charge on any atom is -0.312 e. The monoisotopic (exact) mass is 292 g/mol. The number of hydrogen-bond donors (Lipinski definition) is 1. The van der Waals surface area contributed by atoms with E-state index in [0.29, 0.717) is 0 Å². The van der Waals surface area contributed by atoms with Gasteiger partial charge in [-0.05, 0) is 63.6 Å². The van der Waals surface area contributed by atoms with Gasteiger partial charge in [0.25, 0.3) is 0 Å². The quantitative estimate of drug-likeness (QED) is 0.817. The molecular weight excluding hydrogens is 256 g/mol. The first-order valence-electron chi connectivity index (χ1n) is 9.87. The SMILES string of the molecule is C1CCC(C2CN(CCCC3CCCC3)CCCN2)CC1. The first-order chi connectivity index (χ1) is 10.4. The third-order valence-electron chi connectivity index (χ3n) is 6.29. The molecule has 2 aliphatic carbocycles. The lowest BCUT2D eigenvalue weighted by Crippen LogP contribution is -2.43. The highest BCUT2D eigenvalue weighted by Gasteiger charge is 2.26. The van der Waals surface area contributed by atoms with Crippen LogP contribution in [0.25, 0.3) is 0 Å². The van der Waals surface area contributed by atoms with E-state index in [4.69, 9.17) is 0 Å². The van der Waals surface area contributed by atoms with E-state index in [1.807, 2.05) is 0 Å². The molecule has 122 valence electrons. The van der Waals surface area contributed by atoms with Crippen molar-refractivity contribution in [2.24, 2.45) is 11.8 Å². The predicted molar refractivity (Wildman–Crippen MR) is 90.6 cm³/mol. The molecule has 2 heteroatoms. The summed E-state index contributed by atoms with van der Waals surface area (Å²) in [6.07, 6.45) is 17.7. The summed E-state index contributed by atoms with van der Waals surface area (Å²) in [6, 6.07) is 0.791. The molecule has 1 unspecified atom stereocenters. The molecule has 0 bridgehead atoms. The molecule has 1 aliphatic heterocycles. The molecule has 1 atom stereocenters. The van der Waals surface area contributed by atoms with Crippen LogP contribution in [0.4, 0.5) is 0 Å². The van der Waals surface area contributed by atoms with Gasteiger partial charge in [0.2, 0.25) is 0 Å². The van der Waals surface area contributed by atoms with Gasteiger partial charge in [0.05, 0.1) is 0 Å². The lowest BCUT2D eigenvalue weighted by Gasteiger charge is -2.33. The molecule has 0 aromatic heterocycles. The fraction of sp³-hybridized carbons (Fsp3) is 1.00. The Kier molecular flexibility index (Phi) is 6.42. The van der Waals surface area contributed by atoms with E-state index in [9.17, 15) is 0 Å². The molecular formula is C19H36N2. The van der Waals surface area contributed by atoms with Crippen LogP contribution < -0.4 is 5.32 Å². The van der Waals surface area contributed by atoms with Gasteiger partial charge in [-0.2, -0.15) is 0 Å². The Balaban J connectivity index is 1.40. The minimum absolute atomic E-state index is 0.791. The Morgan fingerprint density at radius 2 is 1.62 bits per heavy atom. The zero-order valence-corrected chi connectivity index (χ0v) is 14.0. The van der Waals surface area contributed by atoms with Crippen LogP contribution >= 0.6 is 0 Å². The first kappa shape index (κ1) is 15.8. The van der Waals surface area contributed by atoms with E-state index < -0.39 is 0 Å². The van der Waals surface area contributed by atoms with E-state index in [0.717, 1.165) is 17.9 Å². The normalized spacial score (nSPS) is 30.6. The van der Waals surface area contributed by atoms with Crippen molar-refractivity contribution in [3.63, 3.8) is 0 Å². The average Bonchev–Trinajstić information content (AvgIpc) is 2.93.